The minimum Gasteiger partial charge on any atom is -0.373 e. The molecule has 5 rings (SSSR count). The Labute approximate surface area is 156 Å². The van der Waals surface area contributed by atoms with Crippen LogP contribution < -0.4 is 0 Å². The lowest BCUT2D eigenvalue weighted by Gasteiger charge is -2.08. The molecule has 0 aliphatic carbocycles. The van der Waals surface area contributed by atoms with Gasteiger partial charge in [0.15, 0.2) is 0 Å². The molecule has 0 bridgehead atoms. The first-order valence-corrected chi connectivity index (χ1v) is 9.11. The van der Waals surface area contributed by atoms with Crippen molar-refractivity contribution in [2.75, 3.05) is 6.61 Å². The molecular formula is C22H20N4O. The Morgan fingerprint density at radius 3 is 2.74 bits per heavy atom. The third-order valence-corrected chi connectivity index (χ3v) is 5.13. The number of nitrogens with zero attached hydrogens (tertiary/aromatic N) is 4. The lowest BCUT2D eigenvalue weighted by molar-refractivity contribution is 0.110. The fourth-order valence-electron chi connectivity index (χ4n) is 3.70. The summed E-state index contributed by atoms with van der Waals surface area (Å²) in [6.07, 6.45) is 3.71. The monoisotopic (exact) mass is 356 g/mol. The van der Waals surface area contributed by atoms with Crippen molar-refractivity contribution >= 4 is 32.8 Å². The summed E-state index contributed by atoms with van der Waals surface area (Å²) in [5.74, 6) is 0. The Kier molecular flexibility index (Phi) is 3.87. The van der Waals surface area contributed by atoms with Gasteiger partial charge < -0.3 is 13.9 Å². The Balaban J connectivity index is 1.33. The van der Waals surface area contributed by atoms with Gasteiger partial charge in [0.25, 0.3) is 0 Å². The van der Waals surface area contributed by atoms with Crippen molar-refractivity contribution in [3.8, 4) is 0 Å². The summed E-state index contributed by atoms with van der Waals surface area (Å²) in [5.41, 5.74) is 5.44. The summed E-state index contributed by atoms with van der Waals surface area (Å²) < 4.78 is 10.3. The molecule has 3 aromatic heterocycles. The predicted molar refractivity (Wildman–Crippen MR) is 108 cm³/mol. The van der Waals surface area contributed by atoms with Gasteiger partial charge in [-0.1, -0.05) is 36.4 Å². The molecule has 0 saturated carbocycles. The maximum Gasteiger partial charge on any atom is 0.107 e. The number of rotatable bonds is 5. The molecule has 0 aliphatic heterocycles. The molecule has 0 amide bonds. The molecule has 0 atom stereocenters. The van der Waals surface area contributed by atoms with Gasteiger partial charge in [-0.25, -0.2) is 4.98 Å². The zero-order valence-electron chi connectivity index (χ0n) is 15.2. The molecule has 2 aromatic carbocycles. The summed E-state index contributed by atoms with van der Waals surface area (Å²) in [6, 6.07) is 18.8. The van der Waals surface area contributed by atoms with E-state index in [0.29, 0.717) is 13.2 Å². The Bertz CT molecular complexity index is 1250. The average molecular weight is 356 g/mol. The third kappa shape index (κ3) is 2.76. The molecule has 0 N–H and O–H groups in total. The van der Waals surface area contributed by atoms with Crippen molar-refractivity contribution in [3.63, 3.8) is 0 Å². The predicted octanol–water partition coefficient (Wildman–Crippen LogP) is 4.29. The van der Waals surface area contributed by atoms with E-state index in [9.17, 15) is 0 Å². The molecule has 0 fully saturated rings. The van der Waals surface area contributed by atoms with E-state index in [1.807, 2.05) is 30.7 Å². The van der Waals surface area contributed by atoms with E-state index in [1.54, 1.807) is 0 Å². The van der Waals surface area contributed by atoms with Crippen LogP contribution in [0.25, 0.3) is 32.8 Å². The van der Waals surface area contributed by atoms with Crippen molar-refractivity contribution in [1.82, 2.24) is 19.1 Å². The number of benzene rings is 2. The molecule has 0 spiro atoms. The van der Waals surface area contributed by atoms with Crippen LogP contribution in [0, 0.1) is 0 Å². The van der Waals surface area contributed by atoms with E-state index >= 15 is 0 Å². The Morgan fingerprint density at radius 1 is 0.963 bits per heavy atom. The highest BCUT2D eigenvalue weighted by Crippen LogP contribution is 2.23. The van der Waals surface area contributed by atoms with Crippen LogP contribution in [0.15, 0.2) is 67.1 Å². The van der Waals surface area contributed by atoms with Crippen LogP contribution in [0.1, 0.15) is 5.69 Å². The first-order valence-electron chi connectivity index (χ1n) is 9.11. The van der Waals surface area contributed by atoms with Crippen molar-refractivity contribution in [3.05, 3.63) is 72.8 Å². The molecule has 134 valence electrons. The van der Waals surface area contributed by atoms with Crippen LogP contribution in [-0.4, -0.2) is 25.7 Å². The average Bonchev–Trinajstić information content (AvgIpc) is 3.27. The summed E-state index contributed by atoms with van der Waals surface area (Å²) >= 11 is 0. The first-order chi connectivity index (χ1) is 13.3. The number of ether oxygens (including phenoxy) is 1. The fourth-order valence-corrected chi connectivity index (χ4v) is 3.70. The van der Waals surface area contributed by atoms with Crippen LogP contribution in [0.4, 0.5) is 0 Å². The number of pyridine rings is 1. The van der Waals surface area contributed by atoms with Crippen LogP contribution in [0.3, 0.4) is 0 Å². The van der Waals surface area contributed by atoms with Gasteiger partial charge in [-0.15, -0.1) is 0 Å². The highest BCUT2D eigenvalue weighted by molar-refractivity contribution is 6.01. The third-order valence-electron chi connectivity index (χ3n) is 5.13. The molecule has 5 nitrogen and oxygen atoms in total. The molecule has 5 heteroatoms. The minimum absolute atomic E-state index is 0.597. The number of aryl methyl sites for hydroxylation is 1. The van der Waals surface area contributed by atoms with E-state index in [2.05, 4.69) is 62.5 Å². The smallest absolute Gasteiger partial charge is 0.107 e. The van der Waals surface area contributed by atoms with Crippen molar-refractivity contribution in [2.24, 2.45) is 7.05 Å². The summed E-state index contributed by atoms with van der Waals surface area (Å²) in [7, 11) is 2.09. The van der Waals surface area contributed by atoms with E-state index in [-0.39, 0.29) is 0 Å². The van der Waals surface area contributed by atoms with Crippen LogP contribution in [0.5, 0.6) is 0 Å². The molecule has 5 aromatic rings. The second kappa shape index (κ2) is 6.52. The van der Waals surface area contributed by atoms with Crippen molar-refractivity contribution in [2.45, 2.75) is 13.2 Å². The van der Waals surface area contributed by atoms with Gasteiger partial charge in [-0.3, -0.25) is 4.98 Å². The first kappa shape index (κ1) is 16.0. The number of fused-ring (bicyclic) bond motifs is 4. The second-order valence-electron chi connectivity index (χ2n) is 6.75. The van der Waals surface area contributed by atoms with Gasteiger partial charge in [0.05, 0.1) is 36.8 Å². The zero-order chi connectivity index (χ0) is 18.2. The number of hydrogen-bond donors (Lipinski definition) is 0. The maximum absolute atomic E-state index is 5.98. The SMILES string of the molecule is Cn1c(COCCn2cnc3cnc4ccccc4c32)cc2ccccc21. The number of aromatic nitrogens is 4. The zero-order valence-corrected chi connectivity index (χ0v) is 15.2. The number of hydrogen-bond acceptors (Lipinski definition) is 3. The largest absolute Gasteiger partial charge is 0.373 e. The molecule has 27 heavy (non-hydrogen) atoms. The quantitative estimate of drug-likeness (QED) is 0.441. The van der Waals surface area contributed by atoms with Crippen LogP contribution in [-0.2, 0) is 24.9 Å². The standard InChI is InChI=1S/C22H20N4O/c1-25-17(12-16-6-2-5-9-21(16)25)14-27-11-10-26-15-24-20-13-23-19-8-4-3-7-18(19)22(20)26/h2-9,12-13,15H,10-11,14H2,1H3. The van der Waals surface area contributed by atoms with Gasteiger partial charge in [0.2, 0.25) is 0 Å². The minimum atomic E-state index is 0.597. The lowest BCUT2D eigenvalue weighted by atomic mass is 10.2. The van der Waals surface area contributed by atoms with Gasteiger partial charge in [-0.05, 0) is 23.6 Å². The second-order valence-corrected chi connectivity index (χ2v) is 6.75. The Hall–Kier alpha value is -3.18. The highest BCUT2D eigenvalue weighted by Gasteiger charge is 2.09. The molecule has 3 heterocycles. The van der Waals surface area contributed by atoms with E-state index in [0.717, 1.165) is 28.5 Å². The molecule has 0 unspecified atom stereocenters. The van der Waals surface area contributed by atoms with Gasteiger partial charge in [0, 0.05) is 30.2 Å². The van der Waals surface area contributed by atoms with Crippen molar-refractivity contribution in [1.29, 1.82) is 0 Å². The highest BCUT2D eigenvalue weighted by atomic mass is 16.5. The topological polar surface area (TPSA) is 44.9 Å². The van der Waals surface area contributed by atoms with E-state index in [1.165, 1.54) is 16.6 Å². The molecule has 0 saturated heterocycles. The van der Waals surface area contributed by atoms with Crippen molar-refractivity contribution < 1.29 is 4.74 Å². The maximum atomic E-state index is 5.98. The lowest BCUT2D eigenvalue weighted by Crippen LogP contribution is -2.07. The van der Waals surface area contributed by atoms with Gasteiger partial charge >= 0.3 is 0 Å². The molecule has 0 radical (unpaired) electrons. The normalized spacial score (nSPS) is 11.7. The summed E-state index contributed by atoms with van der Waals surface area (Å²) in [4.78, 5) is 8.97. The van der Waals surface area contributed by atoms with Gasteiger partial charge in [-0.2, -0.15) is 0 Å². The Morgan fingerprint density at radius 2 is 1.81 bits per heavy atom. The fraction of sp³-hybridized carbons (Fsp3) is 0.182. The van der Waals surface area contributed by atoms with Crippen LogP contribution >= 0.6 is 0 Å². The number of para-hydroxylation sites is 2. The summed E-state index contributed by atoms with van der Waals surface area (Å²) in [6.45, 7) is 1.98. The summed E-state index contributed by atoms with van der Waals surface area (Å²) in [5, 5.41) is 2.37. The number of imidazole rings is 1. The van der Waals surface area contributed by atoms with E-state index < -0.39 is 0 Å². The molecular weight excluding hydrogens is 336 g/mol. The van der Waals surface area contributed by atoms with Gasteiger partial charge in [0.1, 0.15) is 5.52 Å². The van der Waals surface area contributed by atoms with E-state index in [4.69, 9.17) is 4.74 Å². The molecule has 0 aliphatic rings. The van der Waals surface area contributed by atoms with Crippen LogP contribution in [0.2, 0.25) is 0 Å².